The smallest absolute Gasteiger partial charge is 0.259 e. The maximum absolute atomic E-state index is 11.7. The molecule has 0 saturated carbocycles. The van der Waals surface area contributed by atoms with Crippen molar-refractivity contribution in [3.63, 3.8) is 0 Å². The number of aromatic amines is 1. The Kier molecular flexibility index (Phi) is 1.56. The van der Waals surface area contributed by atoms with Crippen LogP contribution >= 0.6 is 0 Å². The van der Waals surface area contributed by atoms with Crippen molar-refractivity contribution >= 4 is 21.8 Å². The summed E-state index contributed by atoms with van der Waals surface area (Å²) in [7, 11) is 0. The van der Waals surface area contributed by atoms with Crippen LogP contribution in [0, 0.1) is 0 Å². The van der Waals surface area contributed by atoms with E-state index in [0.29, 0.717) is 11.0 Å². The number of H-pyrrole nitrogens is 1. The highest BCUT2D eigenvalue weighted by molar-refractivity contribution is 6.03. The first kappa shape index (κ1) is 8.11. The number of nitrogens with zero attached hydrogens (tertiary/aromatic N) is 2. The number of pyridine rings is 3. The summed E-state index contributed by atoms with van der Waals surface area (Å²) in [5.41, 5.74) is 0.463. The number of hydrogen-bond acceptors (Lipinski definition) is 3. The molecule has 3 rings (SSSR count). The largest absolute Gasteiger partial charge is 0.306 e. The molecule has 0 aliphatic carbocycles. The molecule has 0 aliphatic rings. The van der Waals surface area contributed by atoms with Gasteiger partial charge in [0, 0.05) is 29.4 Å². The van der Waals surface area contributed by atoms with Crippen LogP contribution in [0.25, 0.3) is 21.8 Å². The van der Waals surface area contributed by atoms with Gasteiger partial charge >= 0.3 is 0 Å². The fraction of sp³-hybridized carbons (Fsp3) is 0. The molecule has 4 heteroatoms. The summed E-state index contributed by atoms with van der Waals surface area (Å²) in [4.78, 5) is 22.4. The minimum atomic E-state index is -0.149. The Labute approximate surface area is 84.6 Å². The molecule has 0 bridgehead atoms. The third kappa shape index (κ3) is 1.11. The molecule has 0 radical (unpaired) electrons. The van der Waals surface area contributed by atoms with E-state index in [4.69, 9.17) is 0 Å². The Morgan fingerprint density at radius 3 is 2.93 bits per heavy atom. The van der Waals surface area contributed by atoms with E-state index in [0.717, 1.165) is 10.8 Å². The zero-order valence-corrected chi connectivity index (χ0v) is 7.77. The van der Waals surface area contributed by atoms with Crippen LogP contribution in [0.1, 0.15) is 0 Å². The first-order chi connectivity index (χ1) is 7.36. The lowest BCUT2D eigenvalue weighted by Gasteiger charge is -2.00. The second-order valence-electron chi connectivity index (χ2n) is 3.27. The molecule has 72 valence electrons. The molecule has 0 fully saturated rings. The van der Waals surface area contributed by atoms with Crippen LogP contribution in [-0.4, -0.2) is 15.0 Å². The lowest BCUT2D eigenvalue weighted by atomic mass is 10.1. The SMILES string of the molecule is O=c1[nH]c2ncccc2c2ccncc12. The van der Waals surface area contributed by atoms with E-state index in [-0.39, 0.29) is 5.56 Å². The molecular formula is C11H7N3O. The number of aromatic nitrogens is 3. The van der Waals surface area contributed by atoms with Gasteiger partial charge in [0.05, 0.1) is 5.39 Å². The minimum Gasteiger partial charge on any atom is -0.306 e. The van der Waals surface area contributed by atoms with E-state index < -0.39 is 0 Å². The van der Waals surface area contributed by atoms with Gasteiger partial charge in [-0.05, 0) is 18.2 Å². The van der Waals surface area contributed by atoms with Gasteiger partial charge < -0.3 is 4.98 Å². The average Bonchev–Trinajstić information content (AvgIpc) is 2.30. The number of nitrogens with one attached hydrogen (secondary N) is 1. The van der Waals surface area contributed by atoms with Crippen molar-refractivity contribution in [1.82, 2.24) is 15.0 Å². The van der Waals surface area contributed by atoms with E-state index in [2.05, 4.69) is 15.0 Å². The average molecular weight is 197 g/mol. The van der Waals surface area contributed by atoms with Crippen molar-refractivity contribution in [3.05, 3.63) is 47.1 Å². The van der Waals surface area contributed by atoms with E-state index >= 15 is 0 Å². The van der Waals surface area contributed by atoms with Gasteiger partial charge in [-0.3, -0.25) is 9.78 Å². The molecule has 0 saturated heterocycles. The standard InChI is InChI=1S/C11H7N3O/c15-11-9-6-12-5-3-7(9)8-2-1-4-13-10(8)14-11/h1-6H,(H,13,14,15). The third-order valence-corrected chi connectivity index (χ3v) is 2.40. The summed E-state index contributed by atoms with van der Waals surface area (Å²) < 4.78 is 0. The molecule has 4 nitrogen and oxygen atoms in total. The first-order valence-electron chi connectivity index (χ1n) is 4.57. The highest BCUT2D eigenvalue weighted by Gasteiger charge is 2.03. The fourth-order valence-corrected chi connectivity index (χ4v) is 1.71. The van der Waals surface area contributed by atoms with Gasteiger partial charge in [0.2, 0.25) is 0 Å². The highest BCUT2D eigenvalue weighted by Crippen LogP contribution is 2.17. The van der Waals surface area contributed by atoms with E-state index in [1.54, 1.807) is 18.6 Å². The summed E-state index contributed by atoms with van der Waals surface area (Å²) >= 11 is 0. The monoisotopic (exact) mass is 197 g/mol. The van der Waals surface area contributed by atoms with Gasteiger partial charge in [-0.15, -0.1) is 0 Å². The van der Waals surface area contributed by atoms with E-state index in [9.17, 15) is 4.79 Å². The van der Waals surface area contributed by atoms with Crippen LogP contribution in [0.2, 0.25) is 0 Å². The Morgan fingerprint density at radius 1 is 1.07 bits per heavy atom. The van der Waals surface area contributed by atoms with Crippen molar-refractivity contribution in [2.75, 3.05) is 0 Å². The lowest BCUT2D eigenvalue weighted by molar-refractivity contribution is 1.24. The van der Waals surface area contributed by atoms with Gasteiger partial charge in [-0.25, -0.2) is 4.98 Å². The molecule has 0 aliphatic heterocycles. The molecule has 3 heterocycles. The maximum atomic E-state index is 11.7. The third-order valence-electron chi connectivity index (χ3n) is 2.40. The van der Waals surface area contributed by atoms with Crippen molar-refractivity contribution in [1.29, 1.82) is 0 Å². The molecule has 0 spiro atoms. The summed E-state index contributed by atoms with van der Waals surface area (Å²) in [6.45, 7) is 0. The summed E-state index contributed by atoms with van der Waals surface area (Å²) in [5, 5.41) is 2.42. The molecule has 0 atom stereocenters. The van der Waals surface area contributed by atoms with Gasteiger partial charge in [0.25, 0.3) is 5.56 Å². The van der Waals surface area contributed by atoms with Crippen LogP contribution in [0.5, 0.6) is 0 Å². The lowest BCUT2D eigenvalue weighted by Crippen LogP contribution is -2.07. The second-order valence-corrected chi connectivity index (χ2v) is 3.27. The quantitative estimate of drug-likeness (QED) is 0.555. The van der Waals surface area contributed by atoms with Gasteiger partial charge in [0.1, 0.15) is 5.65 Å². The second kappa shape index (κ2) is 2.88. The predicted octanol–water partition coefficient (Wildman–Crippen LogP) is 1.47. The summed E-state index contributed by atoms with van der Waals surface area (Å²) in [6, 6.07) is 5.61. The maximum Gasteiger partial charge on any atom is 0.259 e. The van der Waals surface area contributed by atoms with Crippen molar-refractivity contribution < 1.29 is 0 Å². The van der Waals surface area contributed by atoms with Gasteiger partial charge in [-0.2, -0.15) is 0 Å². The van der Waals surface area contributed by atoms with E-state index in [1.165, 1.54) is 0 Å². The highest BCUT2D eigenvalue weighted by atomic mass is 16.1. The molecular weight excluding hydrogens is 190 g/mol. The van der Waals surface area contributed by atoms with Crippen LogP contribution < -0.4 is 5.56 Å². The van der Waals surface area contributed by atoms with Crippen LogP contribution in [0.3, 0.4) is 0 Å². The van der Waals surface area contributed by atoms with Crippen LogP contribution in [0.4, 0.5) is 0 Å². The van der Waals surface area contributed by atoms with Crippen molar-refractivity contribution in [2.45, 2.75) is 0 Å². The Morgan fingerprint density at radius 2 is 2.00 bits per heavy atom. The topological polar surface area (TPSA) is 58.6 Å². The Balaban J connectivity index is 2.70. The zero-order chi connectivity index (χ0) is 10.3. The van der Waals surface area contributed by atoms with Gasteiger partial charge in [0.15, 0.2) is 0 Å². The summed E-state index contributed by atoms with van der Waals surface area (Å²) in [5.74, 6) is 0. The molecule has 15 heavy (non-hydrogen) atoms. The number of rotatable bonds is 0. The molecule has 0 aromatic carbocycles. The first-order valence-corrected chi connectivity index (χ1v) is 4.57. The number of hydrogen-bond donors (Lipinski definition) is 1. The fourth-order valence-electron chi connectivity index (χ4n) is 1.71. The van der Waals surface area contributed by atoms with Crippen molar-refractivity contribution in [3.8, 4) is 0 Å². The van der Waals surface area contributed by atoms with Crippen LogP contribution in [0.15, 0.2) is 41.6 Å². The Bertz CT molecular complexity index is 703. The minimum absolute atomic E-state index is 0.149. The molecule has 3 aromatic rings. The number of fused-ring (bicyclic) bond motifs is 3. The molecule has 0 amide bonds. The predicted molar refractivity (Wildman–Crippen MR) is 57.7 cm³/mol. The van der Waals surface area contributed by atoms with Crippen LogP contribution in [-0.2, 0) is 0 Å². The Hall–Kier alpha value is -2.23. The molecule has 1 N–H and O–H groups in total. The molecule has 0 unspecified atom stereocenters. The van der Waals surface area contributed by atoms with Gasteiger partial charge in [-0.1, -0.05) is 0 Å². The zero-order valence-electron chi connectivity index (χ0n) is 7.77. The van der Waals surface area contributed by atoms with Crippen molar-refractivity contribution in [2.24, 2.45) is 0 Å². The summed E-state index contributed by atoms with van der Waals surface area (Å²) in [6.07, 6.45) is 4.90. The molecule has 3 aromatic heterocycles. The van der Waals surface area contributed by atoms with E-state index in [1.807, 2.05) is 18.2 Å². The normalized spacial score (nSPS) is 10.9.